The lowest BCUT2D eigenvalue weighted by Gasteiger charge is -2.19. The number of nitrogens with two attached hydrogens (primary N) is 2. The van der Waals surface area contributed by atoms with Gasteiger partial charge in [0.15, 0.2) is 5.96 Å². The highest BCUT2D eigenvalue weighted by Crippen LogP contribution is 2.00. The van der Waals surface area contributed by atoms with Crippen molar-refractivity contribution in [2.24, 2.45) is 16.5 Å². The summed E-state index contributed by atoms with van der Waals surface area (Å²) >= 11 is 0. The normalized spacial score (nSPS) is 11.9. The summed E-state index contributed by atoms with van der Waals surface area (Å²) in [5.74, 6) is -3.85. The number of rotatable bonds is 15. The van der Waals surface area contributed by atoms with Crippen LogP contribution < -0.4 is 32.7 Å². The van der Waals surface area contributed by atoms with Crippen molar-refractivity contribution in [1.29, 1.82) is 0 Å². The van der Waals surface area contributed by atoms with Crippen molar-refractivity contribution < 1.29 is 29.1 Å². The average molecular weight is 492 g/mol. The van der Waals surface area contributed by atoms with Crippen molar-refractivity contribution >= 4 is 35.6 Å². The van der Waals surface area contributed by atoms with Gasteiger partial charge in [0.2, 0.25) is 23.6 Å². The molecular formula is C22H33N7O6. The number of aliphatic carboxylic acids is 1. The highest BCUT2D eigenvalue weighted by molar-refractivity contribution is 5.93. The Labute approximate surface area is 203 Å². The topological polar surface area (TPSA) is 218 Å². The Morgan fingerprint density at radius 2 is 1.63 bits per heavy atom. The van der Waals surface area contributed by atoms with Crippen LogP contribution in [0.4, 0.5) is 0 Å². The Hall–Kier alpha value is -4.16. The van der Waals surface area contributed by atoms with Crippen LogP contribution in [0.15, 0.2) is 35.3 Å². The van der Waals surface area contributed by atoms with Gasteiger partial charge in [0.25, 0.3) is 0 Å². The van der Waals surface area contributed by atoms with Crippen LogP contribution in [0.1, 0.15) is 31.7 Å². The molecule has 0 heterocycles. The lowest BCUT2D eigenvalue weighted by atomic mass is 10.1. The fraction of sp³-hybridized carbons (Fsp3) is 0.455. The molecule has 13 heteroatoms. The van der Waals surface area contributed by atoms with Crippen molar-refractivity contribution in [2.75, 3.05) is 19.6 Å². The Bertz CT molecular complexity index is 903. The molecule has 9 N–H and O–H groups in total. The highest BCUT2D eigenvalue weighted by Gasteiger charge is 2.25. The molecule has 0 radical (unpaired) electrons. The van der Waals surface area contributed by atoms with E-state index in [1.54, 1.807) is 0 Å². The summed E-state index contributed by atoms with van der Waals surface area (Å²) in [6, 6.07) is 7.12. The summed E-state index contributed by atoms with van der Waals surface area (Å²) < 4.78 is 0. The van der Waals surface area contributed by atoms with Gasteiger partial charge < -0.3 is 37.8 Å². The summed E-state index contributed by atoms with van der Waals surface area (Å²) in [6.45, 7) is 1.23. The summed E-state index contributed by atoms with van der Waals surface area (Å²) in [6.07, 6.45) is 0.516. The molecule has 0 aliphatic heterocycles. The number of carboxylic acid groups (broad SMARTS) is 1. The molecule has 0 fully saturated rings. The predicted octanol–water partition coefficient (Wildman–Crippen LogP) is -2.02. The molecule has 0 spiro atoms. The molecule has 0 saturated heterocycles. The van der Waals surface area contributed by atoms with Gasteiger partial charge in [-0.3, -0.25) is 29.0 Å². The number of hydrogen-bond acceptors (Lipinski definition) is 6. The number of hydrogen-bond donors (Lipinski definition) is 7. The third-order valence-corrected chi connectivity index (χ3v) is 4.65. The van der Waals surface area contributed by atoms with E-state index in [1.807, 2.05) is 30.3 Å². The van der Waals surface area contributed by atoms with E-state index in [4.69, 9.17) is 16.6 Å². The molecule has 192 valence electrons. The van der Waals surface area contributed by atoms with Crippen LogP contribution in [0, 0.1) is 0 Å². The van der Waals surface area contributed by atoms with Gasteiger partial charge in [0, 0.05) is 20.0 Å². The van der Waals surface area contributed by atoms with Gasteiger partial charge in [-0.1, -0.05) is 30.3 Å². The first-order chi connectivity index (χ1) is 16.6. The minimum Gasteiger partial charge on any atom is -0.481 e. The molecule has 0 saturated carbocycles. The molecule has 4 amide bonds. The van der Waals surface area contributed by atoms with E-state index in [-0.39, 0.29) is 25.5 Å². The third-order valence-electron chi connectivity index (χ3n) is 4.65. The zero-order valence-electron chi connectivity index (χ0n) is 19.6. The second-order valence-corrected chi connectivity index (χ2v) is 7.66. The van der Waals surface area contributed by atoms with E-state index in [9.17, 15) is 24.0 Å². The lowest BCUT2D eigenvalue weighted by Crippen LogP contribution is -2.52. The Morgan fingerprint density at radius 1 is 0.971 bits per heavy atom. The van der Waals surface area contributed by atoms with Gasteiger partial charge in [-0.2, -0.15) is 0 Å². The van der Waals surface area contributed by atoms with Gasteiger partial charge in [-0.15, -0.1) is 0 Å². The number of aliphatic imine (C=N–C) groups is 1. The maximum atomic E-state index is 12.4. The smallest absolute Gasteiger partial charge is 0.305 e. The minimum absolute atomic E-state index is 0.0952. The van der Waals surface area contributed by atoms with Crippen LogP contribution in [-0.2, 0) is 30.4 Å². The van der Waals surface area contributed by atoms with Crippen LogP contribution in [0.5, 0.6) is 0 Å². The molecule has 0 aromatic heterocycles. The fourth-order valence-electron chi connectivity index (χ4n) is 3.04. The van der Waals surface area contributed by atoms with Crippen molar-refractivity contribution in [1.82, 2.24) is 21.3 Å². The summed E-state index contributed by atoms with van der Waals surface area (Å²) in [4.78, 5) is 63.5. The van der Waals surface area contributed by atoms with Gasteiger partial charge >= 0.3 is 5.97 Å². The lowest BCUT2D eigenvalue weighted by molar-refractivity contribution is -0.140. The van der Waals surface area contributed by atoms with Gasteiger partial charge in [0.05, 0.1) is 13.0 Å². The first kappa shape index (κ1) is 28.9. The molecule has 0 aliphatic rings. The van der Waals surface area contributed by atoms with E-state index >= 15 is 0 Å². The number of carbonyl (C=O) groups excluding carboxylic acids is 4. The minimum atomic E-state index is -1.32. The van der Waals surface area contributed by atoms with E-state index in [0.29, 0.717) is 12.8 Å². The molecule has 1 aromatic rings. The molecular weight excluding hydrogens is 458 g/mol. The predicted molar refractivity (Wildman–Crippen MR) is 128 cm³/mol. The zero-order chi connectivity index (χ0) is 26.2. The number of carboxylic acids is 1. The molecule has 2 atom stereocenters. The number of amides is 4. The van der Waals surface area contributed by atoms with Crippen LogP contribution in [0.3, 0.4) is 0 Å². The van der Waals surface area contributed by atoms with Crippen LogP contribution in [-0.4, -0.2) is 72.4 Å². The van der Waals surface area contributed by atoms with Crippen molar-refractivity contribution in [2.45, 2.75) is 44.7 Å². The van der Waals surface area contributed by atoms with Crippen LogP contribution in [0.25, 0.3) is 0 Å². The second-order valence-electron chi connectivity index (χ2n) is 7.66. The van der Waals surface area contributed by atoms with Crippen molar-refractivity contribution in [3.05, 3.63) is 35.9 Å². The average Bonchev–Trinajstić information content (AvgIpc) is 2.79. The highest BCUT2D eigenvalue weighted by atomic mass is 16.4. The first-order valence-corrected chi connectivity index (χ1v) is 11.0. The SMILES string of the molecule is CC(=O)N[C@@H](CCCN=C(N)N)C(=O)NCC(=O)N[C@@H](CC(=O)O)C(=O)NCCc1ccccc1. The number of benzene rings is 1. The molecule has 1 aromatic carbocycles. The number of nitrogens with zero attached hydrogens (tertiary/aromatic N) is 1. The number of guanidine groups is 1. The standard InChI is InChI=1S/C22H33N7O6/c1-14(30)28-16(8-5-10-26-22(23)24)20(34)27-13-18(31)29-17(12-19(32)33)21(35)25-11-9-15-6-3-2-4-7-15/h2-4,6-7,16-17H,5,8-13H2,1H3,(H,25,35)(H,27,34)(H,28,30)(H,29,31)(H,32,33)(H4,23,24,26)/t16-,17-/m0/s1. The Kier molecular flexibility index (Phi) is 12.9. The van der Waals surface area contributed by atoms with Crippen LogP contribution in [0.2, 0.25) is 0 Å². The van der Waals surface area contributed by atoms with Crippen LogP contribution >= 0.6 is 0 Å². The monoisotopic (exact) mass is 491 g/mol. The zero-order valence-corrected chi connectivity index (χ0v) is 19.6. The first-order valence-electron chi connectivity index (χ1n) is 11.0. The molecule has 0 bridgehead atoms. The fourth-order valence-corrected chi connectivity index (χ4v) is 3.04. The summed E-state index contributed by atoms with van der Waals surface area (Å²) in [5.41, 5.74) is 11.5. The molecule has 0 aliphatic carbocycles. The van der Waals surface area contributed by atoms with E-state index < -0.39 is 54.6 Å². The Morgan fingerprint density at radius 3 is 2.23 bits per heavy atom. The molecule has 1 rings (SSSR count). The molecule has 35 heavy (non-hydrogen) atoms. The quantitative estimate of drug-likeness (QED) is 0.0823. The third kappa shape index (κ3) is 13.2. The van der Waals surface area contributed by atoms with E-state index in [1.165, 1.54) is 6.92 Å². The van der Waals surface area contributed by atoms with E-state index in [2.05, 4.69) is 26.3 Å². The van der Waals surface area contributed by atoms with Gasteiger partial charge in [-0.25, -0.2) is 0 Å². The second kappa shape index (κ2) is 15.6. The molecule has 0 unspecified atom stereocenters. The Balaban J connectivity index is 2.58. The van der Waals surface area contributed by atoms with Gasteiger partial charge in [-0.05, 0) is 24.8 Å². The van der Waals surface area contributed by atoms with Gasteiger partial charge in [0.1, 0.15) is 12.1 Å². The largest absolute Gasteiger partial charge is 0.481 e. The number of nitrogens with one attached hydrogen (secondary N) is 4. The maximum Gasteiger partial charge on any atom is 0.305 e. The summed E-state index contributed by atoms with van der Waals surface area (Å²) in [7, 11) is 0. The van der Waals surface area contributed by atoms with Crippen molar-refractivity contribution in [3.8, 4) is 0 Å². The summed E-state index contributed by atoms with van der Waals surface area (Å²) in [5, 5.41) is 18.9. The van der Waals surface area contributed by atoms with Crippen molar-refractivity contribution in [3.63, 3.8) is 0 Å². The van der Waals surface area contributed by atoms with E-state index in [0.717, 1.165) is 5.56 Å². The molecule has 13 nitrogen and oxygen atoms in total. The maximum absolute atomic E-state index is 12.4. The number of carbonyl (C=O) groups is 5.